The summed E-state index contributed by atoms with van der Waals surface area (Å²) in [5.74, 6) is -0.275. The van der Waals surface area contributed by atoms with E-state index in [-0.39, 0.29) is 0 Å². The predicted octanol–water partition coefficient (Wildman–Crippen LogP) is 0.464. The number of nitrogens with two attached hydrogens (primary N) is 1. The molecule has 1 unspecified atom stereocenters. The molecule has 4 nitrogen and oxygen atoms in total. The van der Waals surface area contributed by atoms with Crippen molar-refractivity contribution >= 4 is 5.97 Å². The maximum Gasteiger partial charge on any atom is 0.328 e. The lowest BCUT2D eigenvalue weighted by Crippen LogP contribution is -2.42. The second-order valence-corrected chi connectivity index (χ2v) is 3.03. The van der Waals surface area contributed by atoms with Gasteiger partial charge in [0.25, 0.3) is 0 Å². The first-order valence-corrected chi connectivity index (χ1v) is 3.74. The van der Waals surface area contributed by atoms with Crippen LogP contribution in [0.4, 0.5) is 0 Å². The van der Waals surface area contributed by atoms with Crippen LogP contribution in [-0.2, 0) is 16.8 Å². The Morgan fingerprint density at radius 1 is 1.75 bits per heavy atom. The number of carboxylic acid groups (broad SMARTS) is 1. The van der Waals surface area contributed by atoms with E-state index in [1.165, 1.54) is 6.26 Å². The molecule has 4 heteroatoms. The molecule has 0 saturated heterocycles. The maximum absolute atomic E-state index is 10.8. The number of aryl methyl sites for hydroxylation is 1. The van der Waals surface area contributed by atoms with E-state index >= 15 is 0 Å². The van der Waals surface area contributed by atoms with Gasteiger partial charge in [-0.25, -0.2) is 4.79 Å². The third-order valence-electron chi connectivity index (χ3n) is 2.35. The molecule has 1 heterocycles. The Hall–Kier alpha value is -1.29. The van der Waals surface area contributed by atoms with Crippen molar-refractivity contribution in [2.24, 2.45) is 5.73 Å². The molecule has 0 spiro atoms. The van der Waals surface area contributed by atoms with Crippen molar-refractivity contribution in [2.75, 3.05) is 0 Å². The summed E-state index contributed by atoms with van der Waals surface area (Å²) in [6.07, 6.45) is 2.52. The standard InChI is InChI=1S/C8H9NO3/c9-8(7(10)11)3-1-6-5(8)2-4-12-6/h2,4H,1,3,9H2,(H,10,11). The van der Waals surface area contributed by atoms with Crippen LogP contribution in [0.3, 0.4) is 0 Å². The molecule has 0 fully saturated rings. The van der Waals surface area contributed by atoms with Crippen molar-refractivity contribution in [1.29, 1.82) is 0 Å². The lowest BCUT2D eigenvalue weighted by Gasteiger charge is -2.16. The van der Waals surface area contributed by atoms with Crippen LogP contribution in [0.25, 0.3) is 0 Å². The summed E-state index contributed by atoms with van der Waals surface area (Å²) in [5, 5.41) is 8.87. The Bertz CT molecular complexity index is 331. The van der Waals surface area contributed by atoms with Gasteiger partial charge in [0.2, 0.25) is 0 Å². The van der Waals surface area contributed by atoms with Gasteiger partial charge in [0, 0.05) is 12.0 Å². The minimum atomic E-state index is -1.22. The van der Waals surface area contributed by atoms with Crippen LogP contribution in [0.5, 0.6) is 0 Å². The zero-order chi connectivity index (χ0) is 8.77. The van der Waals surface area contributed by atoms with Gasteiger partial charge in [-0.05, 0) is 12.5 Å². The quantitative estimate of drug-likeness (QED) is 0.637. The molecule has 64 valence electrons. The fraction of sp³-hybridized carbons (Fsp3) is 0.375. The Labute approximate surface area is 69.0 Å². The molecule has 1 aliphatic carbocycles. The van der Waals surface area contributed by atoms with Crippen molar-refractivity contribution in [2.45, 2.75) is 18.4 Å². The van der Waals surface area contributed by atoms with E-state index in [4.69, 9.17) is 15.3 Å². The Morgan fingerprint density at radius 2 is 2.50 bits per heavy atom. The molecule has 0 amide bonds. The SMILES string of the molecule is NC1(C(=O)O)CCc2occc21. The maximum atomic E-state index is 10.8. The molecular weight excluding hydrogens is 158 g/mol. The number of carboxylic acids is 1. The van der Waals surface area contributed by atoms with Gasteiger partial charge < -0.3 is 15.3 Å². The van der Waals surface area contributed by atoms with E-state index in [1.807, 2.05) is 0 Å². The second kappa shape index (κ2) is 2.10. The van der Waals surface area contributed by atoms with Gasteiger partial charge in [0.15, 0.2) is 0 Å². The molecule has 0 aromatic carbocycles. The molecule has 1 aliphatic rings. The van der Waals surface area contributed by atoms with Crippen molar-refractivity contribution < 1.29 is 14.3 Å². The summed E-state index contributed by atoms with van der Waals surface area (Å²) in [6, 6.07) is 1.64. The van der Waals surface area contributed by atoms with Gasteiger partial charge in [-0.15, -0.1) is 0 Å². The molecule has 0 aliphatic heterocycles. The summed E-state index contributed by atoms with van der Waals surface area (Å²) in [7, 11) is 0. The number of rotatable bonds is 1. The van der Waals surface area contributed by atoms with E-state index in [9.17, 15) is 4.79 Å². The number of carbonyl (C=O) groups is 1. The van der Waals surface area contributed by atoms with Crippen LogP contribution in [0, 0.1) is 0 Å². The topological polar surface area (TPSA) is 76.5 Å². The minimum Gasteiger partial charge on any atom is -0.480 e. The third kappa shape index (κ3) is 0.726. The Balaban J connectivity index is 2.51. The normalized spacial score (nSPS) is 27.1. The van der Waals surface area contributed by atoms with Gasteiger partial charge in [0.05, 0.1) is 6.26 Å². The van der Waals surface area contributed by atoms with Gasteiger partial charge >= 0.3 is 5.97 Å². The molecule has 0 saturated carbocycles. The van der Waals surface area contributed by atoms with E-state index in [0.29, 0.717) is 24.2 Å². The first-order chi connectivity index (χ1) is 5.64. The van der Waals surface area contributed by atoms with Gasteiger partial charge in [-0.3, -0.25) is 0 Å². The molecule has 12 heavy (non-hydrogen) atoms. The minimum absolute atomic E-state index is 0.428. The van der Waals surface area contributed by atoms with Gasteiger partial charge in [-0.2, -0.15) is 0 Å². The number of aliphatic carboxylic acids is 1. The Morgan fingerprint density at radius 3 is 3.17 bits per heavy atom. The molecule has 1 aromatic rings. The second-order valence-electron chi connectivity index (χ2n) is 3.03. The number of fused-ring (bicyclic) bond motifs is 1. The van der Waals surface area contributed by atoms with Crippen LogP contribution in [0.2, 0.25) is 0 Å². The highest BCUT2D eigenvalue weighted by atomic mass is 16.4. The lowest BCUT2D eigenvalue weighted by molar-refractivity contribution is -0.143. The summed E-state index contributed by atoms with van der Waals surface area (Å²) < 4.78 is 5.08. The largest absolute Gasteiger partial charge is 0.480 e. The Kier molecular flexibility index (Phi) is 1.29. The fourth-order valence-electron chi connectivity index (χ4n) is 1.60. The van der Waals surface area contributed by atoms with E-state index in [2.05, 4.69) is 0 Å². The van der Waals surface area contributed by atoms with Crippen LogP contribution >= 0.6 is 0 Å². The monoisotopic (exact) mass is 167 g/mol. The summed E-state index contributed by atoms with van der Waals surface area (Å²) in [4.78, 5) is 10.8. The third-order valence-corrected chi connectivity index (χ3v) is 2.35. The van der Waals surface area contributed by atoms with Crippen LogP contribution < -0.4 is 5.73 Å². The zero-order valence-electron chi connectivity index (χ0n) is 6.41. The first kappa shape index (κ1) is 7.36. The number of hydrogen-bond acceptors (Lipinski definition) is 3. The smallest absolute Gasteiger partial charge is 0.328 e. The van der Waals surface area contributed by atoms with Crippen LogP contribution in [0.1, 0.15) is 17.7 Å². The van der Waals surface area contributed by atoms with E-state index < -0.39 is 11.5 Å². The van der Waals surface area contributed by atoms with Crippen molar-refractivity contribution in [3.63, 3.8) is 0 Å². The summed E-state index contributed by atoms with van der Waals surface area (Å²) >= 11 is 0. The van der Waals surface area contributed by atoms with Crippen molar-refractivity contribution in [3.05, 3.63) is 23.7 Å². The highest BCUT2D eigenvalue weighted by molar-refractivity contribution is 5.81. The molecule has 0 radical (unpaired) electrons. The van der Waals surface area contributed by atoms with E-state index in [0.717, 1.165) is 0 Å². The average Bonchev–Trinajstić information content (AvgIpc) is 2.54. The average molecular weight is 167 g/mol. The zero-order valence-corrected chi connectivity index (χ0v) is 6.41. The van der Waals surface area contributed by atoms with E-state index in [1.54, 1.807) is 6.07 Å². The number of hydrogen-bond donors (Lipinski definition) is 2. The van der Waals surface area contributed by atoms with Crippen LogP contribution in [-0.4, -0.2) is 11.1 Å². The summed E-state index contributed by atoms with van der Waals surface area (Å²) in [6.45, 7) is 0. The van der Waals surface area contributed by atoms with Crippen LogP contribution in [0.15, 0.2) is 16.7 Å². The highest BCUT2D eigenvalue weighted by Gasteiger charge is 2.43. The fourth-order valence-corrected chi connectivity index (χ4v) is 1.60. The summed E-state index contributed by atoms with van der Waals surface area (Å²) in [5.41, 5.74) is 5.10. The van der Waals surface area contributed by atoms with Crippen molar-refractivity contribution in [1.82, 2.24) is 0 Å². The molecular formula is C8H9NO3. The lowest BCUT2D eigenvalue weighted by atomic mass is 9.95. The number of furan rings is 1. The van der Waals surface area contributed by atoms with Crippen molar-refractivity contribution in [3.8, 4) is 0 Å². The molecule has 1 aromatic heterocycles. The first-order valence-electron chi connectivity index (χ1n) is 3.74. The molecule has 3 N–H and O–H groups in total. The molecule has 0 bridgehead atoms. The van der Waals surface area contributed by atoms with Gasteiger partial charge in [-0.1, -0.05) is 0 Å². The molecule has 2 rings (SSSR count). The highest BCUT2D eigenvalue weighted by Crippen LogP contribution is 2.35. The van der Waals surface area contributed by atoms with Gasteiger partial charge in [0.1, 0.15) is 11.3 Å². The molecule has 1 atom stereocenters. The predicted molar refractivity (Wildman–Crippen MR) is 40.5 cm³/mol.